The molecule has 1 aliphatic rings. The molecule has 144 valence electrons. The fourth-order valence-electron chi connectivity index (χ4n) is 3.47. The number of ether oxygens (including phenoxy) is 2. The SMILES string of the molecule is COc1ccc(C(=O)N2CCC(n3ncc(C(=O)O)c3C)CC2)cc1OC. The molecule has 0 saturated carbocycles. The van der Waals surface area contributed by atoms with Crippen LogP contribution in [0.5, 0.6) is 11.5 Å². The highest BCUT2D eigenvalue weighted by molar-refractivity contribution is 5.95. The van der Waals surface area contributed by atoms with Crippen molar-refractivity contribution in [3.8, 4) is 11.5 Å². The zero-order valence-electron chi connectivity index (χ0n) is 15.6. The Labute approximate surface area is 157 Å². The fraction of sp³-hybridized carbons (Fsp3) is 0.421. The number of methoxy groups -OCH3 is 2. The molecule has 0 aliphatic carbocycles. The first-order chi connectivity index (χ1) is 13.0. The first-order valence-corrected chi connectivity index (χ1v) is 8.75. The topological polar surface area (TPSA) is 93.9 Å². The van der Waals surface area contributed by atoms with Gasteiger partial charge in [0.1, 0.15) is 5.56 Å². The standard InChI is InChI=1S/C19H23N3O5/c1-12-15(19(24)25)11-20-22(12)14-6-8-21(9-7-14)18(23)13-4-5-16(26-2)17(10-13)27-3/h4-5,10-11,14H,6-9H2,1-3H3,(H,24,25). The highest BCUT2D eigenvalue weighted by atomic mass is 16.5. The molecule has 1 saturated heterocycles. The number of carbonyl (C=O) groups is 2. The van der Waals surface area contributed by atoms with E-state index in [0.29, 0.717) is 35.8 Å². The summed E-state index contributed by atoms with van der Waals surface area (Å²) in [5.41, 5.74) is 1.42. The van der Waals surface area contributed by atoms with Crippen LogP contribution in [0.4, 0.5) is 0 Å². The van der Waals surface area contributed by atoms with Crippen LogP contribution in [-0.2, 0) is 0 Å². The molecule has 0 atom stereocenters. The number of benzene rings is 1. The third kappa shape index (κ3) is 3.60. The zero-order chi connectivity index (χ0) is 19.6. The van der Waals surface area contributed by atoms with Crippen molar-refractivity contribution in [3.05, 3.63) is 41.2 Å². The number of carboxylic acids is 1. The third-order valence-corrected chi connectivity index (χ3v) is 5.00. The second kappa shape index (κ2) is 7.69. The van der Waals surface area contributed by atoms with Crippen molar-refractivity contribution >= 4 is 11.9 Å². The summed E-state index contributed by atoms with van der Waals surface area (Å²) in [5, 5.41) is 13.4. The minimum atomic E-state index is -0.972. The predicted molar refractivity (Wildman–Crippen MR) is 97.6 cm³/mol. The number of amides is 1. The lowest BCUT2D eigenvalue weighted by Crippen LogP contribution is -2.39. The number of hydrogen-bond acceptors (Lipinski definition) is 5. The van der Waals surface area contributed by atoms with Gasteiger partial charge in [-0.3, -0.25) is 9.48 Å². The number of carbonyl (C=O) groups excluding carboxylic acids is 1. The van der Waals surface area contributed by atoms with Crippen molar-refractivity contribution in [3.63, 3.8) is 0 Å². The van der Waals surface area contributed by atoms with Crippen molar-refractivity contribution in [2.24, 2.45) is 0 Å². The molecule has 1 aromatic heterocycles. The predicted octanol–water partition coefficient (Wildman–Crippen LogP) is 2.38. The molecule has 8 heteroatoms. The van der Waals surface area contributed by atoms with Gasteiger partial charge in [0.15, 0.2) is 11.5 Å². The van der Waals surface area contributed by atoms with Gasteiger partial charge in [0.2, 0.25) is 0 Å². The molecular weight excluding hydrogens is 350 g/mol. The second-order valence-electron chi connectivity index (χ2n) is 6.49. The van der Waals surface area contributed by atoms with Gasteiger partial charge in [-0.2, -0.15) is 5.10 Å². The van der Waals surface area contributed by atoms with E-state index < -0.39 is 5.97 Å². The second-order valence-corrected chi connectivity index (χ2v) is 6.49. The van der Waals surface area contributed by atoms with Gasteiger partial charge in [-0.1, -0.05) is 0 Å². The van der Waals surface area contributed by atoms with Gasteiger partial charge in [0.05, 0.1) is 32.2 Å². The van der Waals surface area contributed by atoms with Crippen LogP contribution in [0, 0.1) is 6.92 Å². The van der Waals surface area contributed by atoms with Crippen LogP contribution in [-0.4, -0.2) is 59.0 Å². The molecule has 1 N–H and O–H groups in total. The van der Waals surface area contributed by atoms with E-state index in [1.807, 2.05) is 0 Å². The number of nitrogens with zero attached hydrogens (tertiary/aromatic N) is 3. The Morgan fingerprint density at radius 3 is 2.37 bits per heavy atom. The maximum Gasteiger partial charge on any atom is 0.339 e. The van der Waals surface area contributed by atoms with Gasteiger partial charge in [-0.15, -0.1) is 0 Å². The van der Waals surface area contributed by atoms with Crippen molar-refractivity contribution < 1.29 is 24.2 Å². The molecule has 1 amide bonds. The number of aromatic nitrogens is 2. The van der Waals surface area contributed by atoms with E-state index >= 15 is 0 Å². The van der Waals surface area contributed by atoms with Gasteiger partial charge in [-0.05, 0) is 38.0 Å². The van der Waals surface area contributed by atoms with Crippen molar-refractivity contribution in [1.29, 1.82) is 0 Å². The van der Waals surface area contributed by atoms with Crippen LogP contribution in [0.25, 0.3) is 0 Å². The van der Waals surface area contributed by atoms with Crippen molar-refractivity contribution in [2.75, 3.05) is 27.3 Å². The first kappa shape index (κ1) is 18.8. The van der Waals surface area contributed by atoms with Gasteiger partial charge in [-0.25, -0.2) is 4.79 Å². The summed E-state index contributed by atoms with van der Waals surface area (Å²) in [6.45, 7) is 2.93. The van der Waals surface area contributed by atoms with Gasteiger partial charge in [0, 0.05) is 18.7 Å². The molecule has 0 unspecified atom stereocenters. The van der Waals surface area contributed by atoms with E-state index in [0.717, 1.165) is 12.8 Å². The van der Waals surface area contributed by atoms with Crippen LogP contribution >= 0.6 is 0 Å². The molecule has 2 heterocycles. The van der Waals surface area contributed by atoms with E-state index in [-0.39, 0.29) is 17.5 Å². The minimum Gasteiger partial charge on any atom is -0.493 e. The maximum absolute atomic E-state index is 12.8. The van der Waals surface area contributed by atoms with Gasteiger partial charge >= 0.3 is 5.97 Å². The summed E-state index contributed by atoms with van der Waals surface area (Å²) < 4.78 is 12.2. The smallest absolute Gasteiger partial charge is 0.339 e. The largest absolute Gasteiger partial charge is 0.493 e. The Morgan fingerprint density at radius 1 is 1.15 bits per heavy atom. The average Bonchev–Trinajstić information content (AvgIpc) is 3.08. The number of likely N-dealkylation sites (tertiary alicyclic amines) is 1. The Bertz CT molecular complexity index is 853. The Balaban J connectivity index is 1.69. The lowest BCUT2D eigenvalue weighted by Gasteiger charge is -2.32. The van der Waals surface area contributed by atoms with Crippen molar-refractivity contribution in [2.45, 2.75) is 25.8 Å². The number of rotatable bonds is 5. The van der Waals surface area contributed by atoms with Gasteiger partial charge < -0.3 is 19.5 Å². The first-order valence-electron chi connectivity index (χ1n) is 8.75. The minimum absolute atomic E-state index is 0.0576. The van der Waals surface area contributed by atoms with Crippen LogP contribution < -0.4 is 9.47 Å². The van der Waals surface area contributed by atoms with Gasteiger partial charge in [0.25, 0.3) is 5.91 Å². The number of aromatic carboxylic acids is 1. The van der Waals surface area contributed by atoms with E-state index in [4.69, 9.17) is 9.47 Å². The summed E-state index contributed by atoms with van der Waals surface area (Å²) in [6.07, 6.45) is 2.83. The molecule has 2 aromatic rings. The Morgan fingerprint density at radius 2 is 1.81 bits per heavy atom. The molecule has 1 aromatic carbocycles. The summed E-state index contributed by atoms with van der Waals surface area (Å²) in [7, 11) is 3.09. The third-order valence-electron chi connectivity index (χ3n) is 5.00. The van der Waals surface area contributed by atoms with E-state index in [9.17, 15) is 14.7 Å². The molecule has 1 fully saturated rings. The van der Waals surface area contributed by atoms with Crippen LogP contribution in [0.3, 0.4) is 0 Å². The molecule has 0 radical (unpaired) electrons. The van der Waals surface area contributed by atoms with Crippen LogP contribution in [0.15, 0.2) is 24.4 Å². The van der Waals surface area contributed by atoms with E-state index in [2.05, 4.69) is 5.10 Å². The normalized spacial score (nSPS) is 14.9. The molecule has 27 heavy (non-hydrogen) atoms. The molecule has 3 rings (SSSR count). The molecule has 0 bridgehead atoms. The van der Waals surface area contributed by atoms with E-state index in [1.54, 1.807) is 41.8 Å². The summed E-state index contributed by atoms with van der Waals surface area (Å²) in [5.74, 6) is 0.0698. The summed E-state index contributed by atoms with van der Waals surface area (Å²) >= 11 is 0. The quantitative estimate of drug-likeness (QED) is 0.865. The monoisotopic (exact) mass is 373 g/mol. The highest BCUT2D eigenvalue weighted by Gasteiger charge is 2.27. The molecular formula is C19H23N3O5. The lowest BCUT2D eigenvalue weighted by atomic mass is 10.0. The molecule has 8 nitrogen and oxygen atoms in total. The van der Waals surface area contributed by atoms with Crippen molar-refractivity contribution in [1.82, 2.24) is 14.7 Å². The Hall–Kier alpha value is -3.03. The van der Waals surface area contributed by atoms with Crippen LogP contribution in [0.2, 0.25) is 0 Å². The Kier molecular flexibility index (Phi) is 5.34. The summed E-state index contributed by atoms with van der Waals surface area (Å²) in [4.78, 5) is 25.8. The molecule has 0 spiro atoms. The average molecular weight is 373 g/mol. The number of carboxylic acid groups (broad SMARTS) is 1. The maximum atomic E-state index is 12.8. The van der Waals surface area contributed by atoms with E-state index in [1.165, 1.54) is 13.3 Å². The van der Waals surface area contributed by atoms with Crippen LogP contribution in [0.1, 0.15) is 45.3 Å². The fourth-order valence-corrected chi connectivity index (χ4v) is 3.47. The molecule has 1 aliphatic heterocycles. The number of piperidine rings is 1. The number of hydrogen-bond donors (Lipinski definition) is 1. The zero-order valence-corrected chi connectivity index (χ0v) is 15.6. The lowest BCUT2D eigenvalue weighted by molar-refractivity contribution is 0.0687. The highest BCUT2D eigenvalue weighted by Crippen LogP contribution is 2.30. The summed E-state index contributed by atoms with van der Waals surface area (Å²) in [6, 6.07) is 5.23.